The van der Waals surface area contributed by atoms with Crippen molar-refractivity contribution < 1.29 is 0 Å². The van der Waals surface area contributed by atoms with Gasteiger partial charge in [0.05, 0.1) is 11.4 Å². The van der Waals surface area contributed by atoms with Crippen LogP contribution in [0.2, 0.25) is 0 Å². The Labute approximate surface area is 107 Å². The molecule has 0 aromatic heterocycles. The second-order valence-electron chi connectivity index (χ2n) is 4.48. The van der Waals surface area contributed by atoms with E-state index in [9.17, 15) is 0 Å². The third-order valence-corrected chi connectivity index (χ3v) is 2.96. The minimum absolute atomic E-state index is 0.792. The molecule has 1 heterocycles. The lowest BCUT2D eigenvalue weighted by atomic mass is 10.1. The largest absolute Gasteiger partial charge is 0.378 e. The summed E-state index contributed by atoms with van der Waals surface area (Å²) in [5.74, 6) is 0.792. The van der Waals surface area contributed by atoms with Gasteiger partial charge in [0.15, 0.2) is 5.84 Å². The molecule has 2 aromatic rings. The molecule has 0 unspecified atom stereocenters. The summed E-state index contributed by atoms with van der Waals surface area (Å²) in [6.07, 6.45) is 0. The lowest BCUT2D eigenvalue weighted by Gasteiger charge is -2.13. The third kappa shape index (κ3) is 1.84. The van der Waals surface area contributed by atoms with Gasteiger partial charge in [-0.15, -0.1) is 0 Å². The highest BCUT2D eigenvalue weighted by atomic mass is 15.1. The number of hydrogen-bond donors (Lipinski definition) is 0. The van der Waals surface area contributed by atoms with Gasteiger partial charge in [0, 0.05) is 25.3 Å². The van der Waals surface area contributed by atoms with E-state index in [1.54, 1.807) is 0 Å². The van der Waals surface area contributed by atoms with Crippen LogP contribution in [0.15, 0.2) is 53.5 Å². The van der Waals surface area contributed by atoms with Gasteiger partial charge in [0.1, 0.15) is 0 Å². The second kappa shape index (κ2) is 4.18. The number of nitrogens with zero attached hydrogens (tertiary/aromatic N) is 3. The summed E-state index contributed by atoms with van der Waals surface area (Å²) in [5, 5.41) is 4.55. The highest BCUT2D eigenvalue weighted by Crippen LogP contribution is 2.31. The molecule has 3 nitrogen and oxygen atoms in total. The van der Waals surface area contributed by atoms with Crippen molar-refractivity contribution in [3.8, 4) is 0 Å². The quantitative estimate of drug-likeness (QED) is 0.788. The Morgan fingerprint density at radius 3 is 2.39 bits per heavy atom. The molecule has 0 fully saturated rings. The average molecular weight is 236 g/mol. The number of benzene rings is 2. The van der Waals surface area contributed by atoms with Crippen LogP contribution in [-0.4, -0.2) is 19.9 Å². The maximum absolute atomic E-state index is 4.55. The minimum atomic E-state index is 0.792. The first-order chi connectivity index (χ1) is 8.74. The fraction of sp³-hybridized carbons (Fsp3) is 0.133. The van der Waals surface area contributed by atoms with Gasteiger partial charge in [-0.3, -0.25) is 0 Å². The predicted molar refractivity (Wildman–Crippen MR) is 75.2 cm³/mol. The van der Waals surface area contributed by atoms with E-state index in [0.717, 1.165) is 28.5 Å². The Morgan fingerprint density at radius 2 is 1.67 bits per heavy atom. The number of rotatable bonds is 2. The maximum Gasteiger partial charge on any atom is 0.160 e. The molecule has 1 radical (unpaired) electrons. The van der Waals surface area contributed by atoms with Gasteiger partial charge in [-0.2, -0.15) is 0 Å². The average Bonchev–Trinajstić information content (AvgIpc) is 2.82. The Bertz CT molecular complexity index is 615. The summed E-state index contributed by atoms with van der Waals surface area (Å²) in [4.78, 5) is 6.63. The summed E-state index contributed by atoms with van der Waals surface area (Å²) in [6, 6.07) is 16.2. The zero-order valence-corrected chi connectivity index (χ0v) is 10.5. The van der Waals surface area contributed by atoms with Crippen molar-refractivity contribution in [1.29, 1.82) is 0 Å². The maximum atomic E-state index is 4.55. The van der Waals surface area contributed by atoms with Gasteiger partial charge in [-0.05, 0) is 24.3 Å². The molecule has 1 aliphatic heterocycles. The van der Waals surface area contributed by atoms with Gasteiger partial charge in [0.25, 0.3) is 0 Å². The van der Waals surface area contributed by atoms with Crippen LogP contribution in [0, 0.1) is 0 Å². The molecule has 3 rings (SSSR count). The Morgan fingerprint density at radius 1 is 0.889 bits per heavy atom. The van der Waals surface area contributed by atoms with Crippen molar-refractivity contribution in [3.63, 3.8) is 0 Å². The van der Waals surface area contributed by atoms with Crippen LogP contribution in [0.5, 0.6) is 0 Å². The van der Waals surface area contributed by atoms with Crippen LogP contribution >= 0.6 is 0 Å². The van der Waals surface area contributed by atoms with Gasteiger partial charge < -0.3 is 4.90 Å². The van der Waals surface area contributed by atoms with Crippen molar-refractivity contribution in [1.82, 2.24) is 5.32 Å². The summed E-state index contributed by atoms with van der Waals surface area (Å²) in [5.41, 5.74) is 4.10. The summed E-state index contributed by atoms with van der Waals surface area (Å²) in [6.45, 7) is 0. The summed E-state index contributed by atoms with van der Waals surface area (Å²) < 4.78 is 0. The molecule has 0 aliphatic carbocycles. The highest BCUT2D eigenvalue weighted by Gasteiger charge is 2.16. The summed E-state index contributed by atoms with van der Waals surface area (Å²) >= 11 is 0. The van der Waals surface area contributed by atoms with Crippen molar-refractivity contribution in [2.75, 3.05) is 19.0 Å². The number of para-hydroxylation sites is 2. The van der Waals surface area contributed by atoms with Crippen LogP contribution in [-0.2, 0) is 0 Å². The summed E-state index contributed by atoms with van der Waals surface area (Å²) in [7, 11) is 4.06. The van der Waals surface area contributed by atoms with Crippen molar-refractivity contribution >= 4 is 22.9 Å². The molecule has 89 valence electrons. The standard InChI is InChI=1S/C15H14N3/c1-18(2)12-7-5-6-11(10-12)15-16-13-8-3-4-9-14(13)17-15/h3-10H,1-2H3. The molecule has 0 saturated carbocycles. The van der Waals surface area contributed by atoms with Crippen LogP contribution in [0.3, 0.4) is 0 Å². The molecule has 0 saturated heterocycles. The first kappa shape index (κ1) is 10.8. The first-order valence-electron chi connectivity index (χ1n) is 5.91. The van der Waals surface area contributed by atoms with E-state index in [0.29, 0.717) is 0 Å². The molecular weight excluding hydrogens is 222 g/mol. The molecule has 2 aromatic carbocycles. The molecular formula is C15H14N3. The molecule has 3 heteroatoms. The molecule has 1 aliphatic rings. The molecule has 0 bridgehead atoms. The Hall–Kier alpha value is -2.29. The van der Waals surface area contributed by atoms with E-state index in [4.69, 9.17) is 0 Å². The van der Waals surface area contributed by atoms with E-state index in [1.165, 1.54) is 0 Å². The molecule has 0 amide bonds. The van der Waals surface area contributed by atoms with Gasteiger partial charge in [-0.25, -0.2) is 10.3 Å². The molecule has 0 spiro atoms. The fourth-order valence-corrected chi connectivity index (χ4v) is 1.96. The third-order valence-electron chi connectivity index (χ3n) is 2.96. The van der Waals surface area contributed by atoms with Crippen LogP contribution in [0.4, 0.5) is 17.1 Å². The number of anilines is 1. The van der Waals surface area contributed by atoms with Crippen molar-refractivity contribution in [2.24, 2.45) is 4.99 Å². The van der Waals surface area contributed by atoms with Crippen LogP contribution in [0.1, 0.15) is 5.56 Å². The zero-order chi connectivity index (χ0) is 12.5. The lowest BCUT2D eigenvalue weighted by Crippen LogP contribution is -2.12. The van der Waals surface area contributed by atoms with E-state index < -0.39 is 0 Å². The Balaban J connectivity index is 1.97. The van der Waals surface area contributed by atoms with Gasteiger partial charge in [-0.1, -0.05) is 24.3 Å². The SMILES string of the molecule is CN(C)c1cccc(C2=Nc3ccccc3[N]2)c1. The van der Waals surface area contributed by atoms with E-state index in [-0.39, 0.29) is 0 Å². The van der Waals surface area contributed by atoms with Crippen LogP contribution in [0.25, 0.3) is 0 Å². The monoisotopic (exact) mass is 236 g/mol. The normalized spacial score (nSPS) is 12.7. The van der Waals surface area contributed by atoms with E-state index >= 15 is 0 Å². The molecule has 18 heavy (non-hydrogen) atoms. The van der Waals surface area contributed by atoms with E-state index in [1.807, 2.05) is 50.5 Å². The number of hydrogen-bond acceptors (Lipinski definition) is 2. The minimum Gasteiger partial charge on any atom is -0.378 e. The van der Waals surface area contributed by atoms with Crippen molar-refractivity contribution in [3.05, 3.63) is 54.1 Å². The van der Waals surface area contributed by atoms with E-state index in [2.05, 4.69) is 27.3 Å². The number of fused-ring (bicyclic) bond motifs is 1. The van der Waals surface area contributed by atoms with Gasteiger partial charge in [0.2, 0.25) is 0 Å². The number of aliphatic imine (C=N–C) groups is 1. The topological polar surface area (TPSA) is 29.7 Å². The smallest absolute Gasteiger partial charge is 0.160 e. The van der Waals surface area contributed by atoms with Crippen LogP contribution < -0.4 is 10.2 Å². The first-order valence-corrected chi connectivity index (χ1v) is 5.91. The van der Waals surface area contributed by atoms with Gasteiger partial charge >= 0.3 is 0 Å². The highest BCUT2D eigenvalue weighted by molar-refractivity contribution is 6.07. The zero-order valence-electron chi connectivity index (χ0n) is 10.5. The predicted octanol–water partition coefficient (Wildman–Crippen LogP) is 3.08. The lowest BCUT2D eigenvalue weighted by molar-refractivity contribution is 1.13. The van der Waals surface area contributed by atoms with Crippen molar-refractivity contribution in [2.45, 2.75) is 0 Å². The number of amidine groups is 1. The Kier molecular flexibility index (Phi) is 2.52. The second-order valence-corrected chi connectivity index (χ2v) is 4.48. The molecule has 0 atom stereocenters. The molecule has 0 N–H and O–H groups in total. The fourth-order valence-electron chi connectivity index (χ4n) is 1.96.